The van der Waals surface area contributed by atoms with E-state index in [1.807, 2.05) is 30.3 Å². The van der Waals surface area contributed by atoms with Crippen molar-refractivity contribution in [2.24, 2.45) is 5.10 Å². The summed E-state index contributed by atoms with van der Waals surface area (Å²) >= 11 is 5.11. The van der Waals surface area contributed by atoms with Crippen molar-refractivity contribution in [3.8, 4) is 5.75 Å². The molecule has 0 saturated carbocycles. The molecule has 0 aliphatic carbocycles. The topological polar surface area (TPSA) is 56.7 Å². The highest BCUT2D eigenvalue weighted by atomic mass is 32.1. The average molecular weight is 301 g/mol. The Kier molecular flexibility index (Phi) is 5.51. The van der Waals surface area contributed by atoms with E-state index in [0.717, 1.165) is 30.2 Å². The summed E-state index contributed by atoms with van der Waals surface area (Å²) in [5, 5.41) is 19.6. The average Bonchev–Trinajstić information content (AvgIpc) is 2.50. The molecule has 21 heavy (non-hydrogen) atoms. The van der Waals surface area contributed by atoms with Crippen molar-refractivity contribution in [1.82, 2.24) is 10.7 Å². The number of thiocarbonyl (C=S) groups is 1. The molecular weight excluding hydrogens is 282 g/mol. The van der Waals surface area contributed by atoms with Gasteiger partial charge in [-0.1, -0.05) is 43.7 Å². The summed E-state index contributed by atoms with van der Waals surface area (Å²) in [6, 6.07) is 11.4. The largest absolute Gasteiger partial charge is 0.507 e. The van der Waals surface area contributed by atoms with Crippen molar-refractivity contribution in [2.45, 2.75) is 19.8 Å². The number of nitrogens with zero attached hydrogens (tertiary/aromatic N) is 1. The monoisotopic (exact) mass is 301 g/mol. The third-order valence-corrected chi connectivity index (χ3v) is 3.36. The van der Waals surface area contributed by atoms with Crippen molar-refractivity contribution in [1.29, 1.82) is 0 Å². The molecule has 0 saturated heterocycles. The fourth-order valence-corrected chi connectivity index (χ4v) is 2.15. The van der Waals surface area contributed by atoms with E-state index < -0.39 is 0 Å². The van der Waals surface area contributed by atoms with Crippen LogP contribution in [0.15, 0.2) is 41.5 Å². The predicted molar refractivity (Wildman–Crippen MR) is 91.9 cm³/mol. The first-order valence-corrected chi connectivity index (χ1v) is 7.41. The van der Waals surface area contributed by atoms with Gasteiger partial charge in [-0.15, -0.1) is 0 Å². The van der Waals surface area contributed by atoms with Crippen LogP contribution in [0.2, 0.25) is 0 Å². The Hall–Kier alpha value is -2.14. The van der Waals surface area contributed by atoms with E-state index in [0.29, 0.717) is 10.7 Å². The van der Waals surface area contributed by atoms with Crippen LogP contribution in [0, 0.1) is 0 Å². The Morgan fingerprint density at radius 3 is 2.90 bits per heavy atom. The lowest BCUT2D eigenvalue weighted by molar-refractivity contribution is 0.475. The van der Waals surface area contributed by atoms with Crippen LogP contribution in [0.25, 0.3) is 10.8 Å². The lowest BCUT2D eigenvalue weighted by Gasteiger charge is -2.07. The molecule has 0 amide bonds. The summed E-state index contributed by atoms with van der Waals surface area (Å²) in [5.41, 5.74) is 3.44. The number of unbranched alkanes of at least 4 members (excludes halogenated alkanes) is 1. The lowest BCUT2D eigenvalue weighted by Crippen LogP contribution is -2.32. The first-order valence-electron chi connectivity index (χ1n) is 7.00. The predicted octanol–water partition coefficient (Wildman–Crippen LogP) is 3.14. The van der Waals surface area contributed by atoms with Crippen LogP contribution >= 0.6 is 12.2 Å². The van der Waals surface area contributed by atoms with Gasteiger partial charge in [0.2, 0.25) is 0 Å². The molecule has 4 nitrogen and oxygen atoms in total. The molecule has 0 aliphatic rings. The summed E-state index contributed by atoms with van der Waals surface area (Å²) in [7, 11) is 0. The number of nitrogens with one attached hydrogen (secondary N) is 2. The quantitative estimate of drug-likeness (QED) is 0.344. The van der Waals surface area contributed by atoms with Gasteiger partial charge in [0.15, 0.2) is 5.11 Å². The molecule has 2 aromatic carbocycles. The van der Waals surface area contributed by atoms with Gasteiger partial charge in [0.1, 0.15) is 5.75 Å². The molecular formula is C16H19N3OS. The summed E-state index contributed by atoms with van der Waals surface area (Å²) in [5.74, 6) is 0.198. The van der Waals surface area contributed by atoms with E-state index in [9.17, 15) is 5.11 Å². The zero-order chi connectivity index (χ0) is 15.1. The molecule has 0 bridgehead atoms. The smallest absolute Gasteiger partial charge is 0.186 e. The molecule has 2 aromatic rings. The Labute approximate surface area is 129 Å². The number of hydrazone groups is 1. The van der Waals surface area contributed by atoms with Gasteiger partial charge in [-0.3, -0.25) is 5.43 Å². The molecule has 2 rings (SSSR count). The van der Waals surface area contributed by atoms with Gasteiger partial charge in [-0.05, 0) is 35.5 Å². The number of phenolic OH excluding ortho intramolecular Hbond substituents is 1. The van der Waals surface area contributed by atoms with Gasteiger partial charge in [-0.2, -0.15) is 5.10 Å². The minimum absolute atomic E-state index is 0.198. The summed E-state index contributed by atoms with van der Waals surface area (Å²) in [6.07, 6.45) is 3.77. The molecule has 0 aliphatic heterocycles. The van der Waals surface area contributed by atoms with E-state index in [-0.39, 0.29) is 5.75 Å². The van der Waals surface area contributed by atoms with Crippen molar-refractivity contribution in [3.05, 3.63) is 42.0 Å². The number of rotatable bonds is 5. The highest BCUT2D eigenvalue weighted by Crippen LogP contribution is 2.25. The van der Waals surface area contributed by atoms with Crippen molar-refractivity contribution in [2.75, 3.05) is 6.54 Å². The van der Waals surface area contributed by atoms with Gasteiger partial charge in [0.25, 0.3) is 0 Å². The summed E-state index contributed by atoms with van der Waals surface area (Å²) in [6.45, 7) is 2.96. The number of hydrogen-bond acceptors (Lipinski definition) is 3. The van der Waals surface area contributed by atoms with Gasteiger partial charge in [-0.25, -0.2) is 0 Å². The highest BCUT2D eigenvalue weighted by molar-refractivity contribution is 7.80. The molecule has 0 heterocycles. The Morgan fingerprint density at radius 2 is 2.10 bits per heavy atom. The fraction of sp³-hybridized carbons (Fsp3) is 0.250. The fourth-order valence-electron chi connectivity index (χ4n) is 1.99. The maximum absolute atomic E-state index is 9.98. The first-order chi connectivity index (χ1) is 10.2. The number of benzene rings is 2. The van der Waals surface area contributed by atoms with Crippen LogP contribution in [0.3, 0.4) is 0 Å². The second-order valence-corrected chi connectivity index (χ2v) is 5.11. The van der Waals surface area contributed by atoms with Crippen LogP contribution in [0.4, 0.5) is 0 Å². The van der Waals surface area contributed by atoms with Gasteiger partial charge in [0, 0.05) is 12.1 Å². The molecule has 3 N–H and O–H groups in total. The minimum Gasteiger partial charge on any atom is -0.507 e. The van der Waals surface area contributed by atoms with Gasteiger partial charge >= 0.3 is 0 Å². The summed E-state index contributed by atoms with van der Waals surface area (Å²) in [4.78, 5) is 0. The second-order valence-electron chi connectivity index (χ2n) is 4.70. The molecule has 0 radical (unpaired) electrons. The Morgan fingerprint density at radius 1 is 1.29 bits per heavy atom. The van der Waals surface area contributed by atoms with Crippen LogP contribution < -0.4 is 10.7 Å². The Balaban J connectivity index is 2.07. The number of phenols is 1. The van der Waals surface area contributed by atoms with Crippen molar-refractivity contribution < 1.29 is 5.11 Å². The highest BCUT2D eigenvalue weighted by Gasteiger charge is 2.04. The zero-order valence-electron chi connectivity index (χ0n) is 12.0. The molecule has 0 spiro atoms. The van der Waals surface area contributed by atoms with Crippen LogP contribution in [-0.2, 0) is 0 Å². The molecule has 0 fully saturated rings. The third-order valence-electron chi connectivity index (χ3n) is 3.12. The minimum atomic E-state index is 0.198. The SMILES string of the molecule is CCCCNC(=S)N/N=C/c1c(O)ccc2ccccc12. The van der Waals surface area contributed by atoms with Crippen LogP contribution in [0.1, 0.15) is 25.3 Å². The van der Waals surface area contributed by atoms with Crippen molar-refractivity contribution in [3.63, 3.8) is 0 Å². The number of hydrogen-bond donors (Lipinski definition) is 3. The van der Waals surface area contributed by atoms with E-state index >= 15 is 0 Å². The molecule has 5 heteroatoms. The maximum Gasteiger partial charge on any atom is 0.186 e. The summed E-state index contributed by atoms with van der Waals surface area (Å²) < 4.78 is 0. The van der Waals surface area contributed by atoms with Crippen molar-refractivity contribution >= 4 is 34.3 Å². The van der Waals surface area contributed by atoms with Gasteiger partial charge < -0.3 is 10.4 Å². The zero-order valence-corrected chi connectivity index (χ0v) is 12.8. The maximum atomic E-state index is 9.98. The lowest BCUT2D eigenvalue weighted by atomic mass is 10.0. The van der Waals surface area contributed by atoms with E-state index in [2.05, 4.69) is 22.8 Å². The van der Waals surface area contributed by atoms with Crippen LogP contribution in [0.5, 0.6) is 5.75 Å². The molecule has 0 aromatic heterocycles. The molecule has 110 valence electrons. The van der Waals surface area contributed by atoms with Crippen LogP contribution in [-0.4, -0.2) is 23.0 Å². The molecule has 0 atom stereocenters. The molecule has 0 unspecified atom stereocenters. The third kappa shape index (κ3) is 4.16. The normalized spacial score (nSPS) is 10.9. The first kappa shape index (κ1) is 15.3. The van der Waals surface area contributed by atoms with E-state index in [1.165, 1.54) is 0 Å². The van der Waals surface area contributed by atoms with E-state index in [4.69, 9.17) is 12.2 Å². The standard InChI is InChI=1S/C16H19N3OS/c1-2-3-10-17-16(21)19-18-11-14-13-7-5-4-6-12(13)8-9-15(14)20/h4-9,11,20H,2-3,10H2,1H3,(H2,17,19,21)/b18-11+. The number of fused-ring (bicyclic) bond motifs is 1. The number of aromatic hydroxyl groups is 1. The van der Waals surface area contributed by atoms with Gasteiger partial charge in [0.05, 0.1) is 6.21 Å². The second kappa shape index (κ2) is 7.59. The van der Waals surface area contributed by atoms with E-state index in [1.54, 1.807) is 12.3 Å². The Bertz CT molecular complexity index is 655.